The van der Waals surface area contributed by atoms with Crippen LogP contribution >= 0.6 is 11.8 Å². The number of rotatable bonds is 8. The molecule has 1 unspecified atom stereocenters. The maximum absolute atomic E-state index is 13.2. The number of halogens is 3. The molecule has 1 saturated heterocycles. The van der Waals surface area contributed by atoms with Crippen LogP contribution in [0.25, 0.3) is 0 Å². The molecule has 34 heavy (non-hydrogen) atoms. The summed E-state index contributed by atoms with van der Waals surface area (Å²) in [5, 5.41) is 5.24. The Bertz CT molecular complexity index is 1060. The van der Waals surface area contributed by atoms with Crippen LogP contribution in [0.15, 0.2) is 47.6 Å². The summed E-state index contributed by atoms with van der Waals surface area (Å²) < 4.78 is 42.8. The van der Waals surface area contributed by atoms with E-state index in [9.17, 15) is 27.6 Å². The second-order valence-electron chi connectivity index (χ2n) is 7.77. The van der Waals surface area contributed by atoms with Crippen LogP contribution in [0.3, 0.4) is 0 Å². The van der Waals surface area contributed by atoms with Gasteiger partial charge in [-0.25, -0.2) is 14.5 Å². The van der Waals surface area contributed by atoms with Crippen LogP contribution in [-0.4, -0.2) is 40.7 Å². The van der Waals surface area contributed by atoms with E-state index >= 15 is 0 Å². The lowest BCUT2D eigenvalue weighted by atomic mass is 9.92. The van der Waals surface area contributed by atoms with Gasteiger partial charge in [-0.2, -0.15) is 13.2 Å². The van der Waals surface area contributed by atoms with Crippen molar-refractivity contribution in [1.29, 1.82) is 0 Å². The highest BCUT2D eigenvalue weighted by atomic mass is 32.2. The highest BCUT2D eigenvalue weighted by molar-refractivity contribution is 8.00. The van der Waals surface area contributed by atoms with Crippen molar-refractivity contribution in [3.05, 3.63) is 48.3 Å². The SMILES string of the molecule is CCCCOC(=O)Nc1cnccc1CC1(C)NC(=O)N(c2ccc(SC(F)(F)F)cc2)C1=O. The quantitative estimate of drug-likeness (QED) is 0.300. The normalized spacial score (nSPS) is 18.1. The maximum atomic E-state index is 13.2. The molecule has 182 valence electrons. The molecule has 2 heterocycles. The number of hydrogen-bond acceptors (Lipinski definition) is 6. The highest BCUT2D eigenvalue weighted by Crippen LogP contribution is 2.38. The topological polar surface area (TPSA) is 101 Å². The molecule has 2 N–H and O–H groups in total. The van der Waals surface area contributed by atoms with Gasteiger partial charge in [0.15, 0.2) is 0 Å². The number of alkyl halides is 3. The predicted molar refractivity (Wildman–Crippen MR) is 121 cm³/mol. The van der Waals surface area contributed by atoms with Gasteiger partial charge in [0.1, 0.15) is 5.54 Å². The van der Waals surface area contributed by atoms with Crippen molar-refractivity contribution in [2.75, 3.05) is 16.8 Å². The second kappa shape index (κ2) is 10.3. The number of imide groups is 1. The van der Waals surface area contributed by atoms with E-state index in [1.165, 1.54) is 43.6 Å². The van der Waals surface area contributed by atoms with E-state index in [2.05, 4.69) is 15.6 Å². The van der Waals surface area contributed by atoms with Crippen LogP contribution in [0.2, 0.25) is 0 Å². The molecule has 0 spiro atoms. The van der Waals surface area contributed by atoms with Gasteiger partial charge in [-0.1, -0.05) is 13.3 Å². The first-order valence-corrected chi connectivity index (χ1v) is 11.2. The zero-order valence-electron chi connectivity index (χ0n) is 18.4. The third-order valence-electron chi connectivity index (χ3n) is 5.01. The molecule has 0 saturated carbocycles. The van der Waals surface area contributed by atoms with Crippen molar-refractivity contribution in [2.45, 2.75) is 49.1 Å². The highest BCUT2D eigenvalue weighted by Gasteiger charge is 2.48. The van der Waals surface area contributed by atoms with Gasteiger partial charge in [0.2, 0.25) is 0 Å². The van der Waals surface area contributed by atoms with Crippen LogP contribution < -0.4 is 15.5 Å². The zero-order chi connectivity index (χ0) is 24.9. The van der Waals surface area contributed by atoms with E-state index in [1.54, 1.807) is 6.07 Å². The van der Waals surface area contributed by atoms with Crippen molar-refractivity contribution in [3.63, 3.8) is 0 Å². The Labute approximate surface area is 198 Å². The first-order valence-electron chi connectivity index (χ1n) is 10.4. The fourth-order valence-corrected chi connectivity index (χ4v) is 3.90. The van der Waals surface area contributed by atoms with Crippen molar-refractivity contribution >= 4 is 41.2 Å². The molecule has 3 rings (SSSR count). The third kappa shape index (κ3) is 6.19. The average molecular weight is 497 g/mol. The van der Waals surface area contributed by atoms with E-state index < -0.39 is 29.1 Å². The molecule has 1 fully saturated rings. The van der Waals surface area contributed by atoms with Gasteiger partial charge >= 0.3 is 17.6 Å². The number of thioether (sulfide) groups is 1. The lowest BCUT2D eigenvalue weighted by molar-refractivity contribution is -0.121. The number of urea groups is 1. The fourth-order valence-electron chi connectivity index (χ4n) is 3.36. The number of nitrogens with one attached hydrogen (secondary N) is 2. The minimum Gasteiger partial charge on any atom is -0.449 e. The molecule has 0 bridgehead atoms. The molecule has 1 aliphatic rings. The third-order valence-corrected chi connectivity index (χ3v) is 5.75. The number of hydrogen-bond donors (Lipinski definition) is 2. The number of pyridine rings is 1. The summed E-state index contributed by atoms with van der Waals surface area (Å²) in [7, 11) is 0. The lowest BCUT2D eigenvalue weighted by Gasteiger charge is -2.23. The van der Waals surface area contributed by atoms with Gasteiger partial charge in [0, 0.05) is 17.5 Å². The van der Waals surface area contributed by atoms with Crippen LogP contribution in [0.5, 0.6) is 0 Å². The van der Waals surface area contributed by atoms with E-state index in [1.807, 2.05) is 6.92 Å². The number of unbranched alkanes of at least 4 members (excludes halogenated alkanes) is 1. The molecule has 1 aliphatic heterocycles. The monoisotopic (exact) mass is 496 g/mol. The predicted octanol–water partition coefficient (Wildman–Crippen LogP) is 5.10. The Morgan fingerprint density at radius 3 is 2.59 bits per heavy atom. The first kappa shape index (κ1) is 25.3. The Kier molecular flexibility index (Phi) is 7.70. The summed E-state index contributed by atoms with van der Waals surface area (Å²) in [5.74, 6) is -0.581. The largest absolute Gasteiger partial charge is 0.449 e. The summed E-state index contributed by atoms with van der Waals surface area (Å²) in [6.45, 7) is 3.76. The van der Waals surface area contributed by atoms with Gasteiger partial charge in [0.05, 0.1) is 24.2 Å². The molecular formula is C22H23F3N4O4S. The number of benzene rings is 1. The number of aromatic nitrogens is 1. The molecule has 1 aromatic carbocycles. The summed E-state index contributed by atoms with van der Waals surface area (Å²) in [5.41, 5.74) is -4.79. The van der Waals surface area contributed by atoms with Crippen molar-refractivity contribution < 1.29 is 32.3 Å². The molecule has 12 heteroatoms. The minimum atomic E-state index is -4.44. The molecular weight excluding hydrogens is 473 g/mol. The van der Waals surface area contributed by atoms with E-state index in [-0.39, 0.29) is 35.4 Å². The molecule has 8 nitrogen and oxygen atoms in total. The van der Waals surface area contributed by atoms with Gasteiger partial charge in [-0.05, 0) is 61.0 Å². The van der Waals surface area contributed by atoms with Crippen molar-refractivity contribution in [2.24, 2.45) is 0 Å². The summed E-state index contributed by atoms with van der Waals surface area (Å²) in [6.07, 6.45) is 3.86. The Hall–Kier alpha value is -3.28. The van der Waals surface area contributed by atoms with Crippen LogP contribution in [0.4, 0.5) is 34.1 Å². The lowest BCUT2D eigenvalue weighted by Crippen LogP contribution is -2.46. The molecule has 4 amide bonds. The number of nitrogens with zero attached hydrogens (tertiary/aromatic N) is 2. The van der Waals surface area contributed by atoms with Gasteiger partial charge in [-0.15, -0.1) is 0 Å². The van der Waals surface area contributed by atoms with Crippen molar-refractivity contribution in [1.82, 2.24) is 10.3 Å². The molecule has 1 aromatic heterocycles. The van der Waals surface area contributed by atoms with Crippen LogP contribution in [0, 0.1) is 0 Å². The Morgan fingerprint density at radius 1 is 1.24 bits per heavy atom. The summed E-state index contributed by atoms with van der Waals surface area (Å²) in [4.78, 5) is 42.7. The van der Waals surface area contributed by atoms with Gasteiger partial charge in [0.25, 0.3) is 5.91 Å². The smallest absolute Gasteiger partial charge is 0.446 e. The van der Waals surface area contributed by atoms with Crippen LogP contribution in [0.1, 0.15) is 32.3 Å². The molecule has 2 aromatic rings. The first-order chi connectivity index (χ1) is 16.0. The number of carbonyl (C=O) groups excluding carboxylic acids is 3. The van der Waals surface area contributed by atoms with Crippen LogP contribution in [-0.2, 0) is 16.0 Å². The molecule has 0 radical (unpaired) electrons. The minimum absolute atomic E-state index is 0.0309. The standard InChI is InChI=1S/C22H23F3N4O4S/c1-3-4-11-33-20(32)27-17-13-26-10-9-14(17)12-21(2)18(30)29(19(31)28-21)15-5-7-16(8-6-15)34-22(23,24)25/h5-10,13H,3-4,11-12H2,1-2H3,(H,27,32)(H,28,31). The molecule has 0 aliphatic carbocycles. The van der Waals surface area contributed by atoms with E-state index in [4.69, 9.17) is 4.74 Å². The maximum Gasteiger partial charge on any atom is 0.446 e. The van der Waals surface area contributed by atoms with Gasteiger partial charge in [-0.3, -0.25) is 15.1 Å². The fraction of sp³-hybridized carbons (Fsp3) is 0.364. The zero-order valence-corrected chi connectivity index (χ0v) is 19.3. The number of ether oxygens (including phenoxy) is 1. The Balaban J connectivity index is 1.75. The second-order valence-corrected chi connectivity index (χ2v) is 8.91. The van der Waals surface area contributed by atoms with Gasteiger partial charge < -0.3 is 10.1 Å². The Morgan fingerprint density at radius 2 is 1.94 bits per heavy atom. The summed E-state index contributed by atoms with van der Waals surface area (Å²) in [6, 6.07) is 5.85. The molecule has 1 atom stereocenters. The van der Waals surface area contributed by atoms with E-state index in [0.29, 0.717) is 11.3 Å². The number of anilines is 2. The average Bonchev–Trinajstić information content (AvgIpc) is 2.97. The summed E-state index contributed by atoms with van der Waals surface area (Å²) >= 11 is -0.287. The van der Waals surface area contributed by atoms with E-state index in [0.717, 1.165) is 17.7 Å². The number of amides is 4. The number of carbonyl (C=O) groups is 3. The van der Waals surface area contributed by atoms with Crippen molar-refractivity contribution in [3.8, 4) is 0 Å².